The lowest BCUT2D eigenvalue weighted by Gasteiger charge is -2.08. The molecule has 0 amide bonds. The average Bonchev–Trinajstić information content (AvgIpc) is 2.54. The molecule has 0 radical (unpaired) electrons. The molecule has 1 N–H and O–H groups in total. The number of rotatable bonds is 10. The summed E-state index contributed by atoms with van der Waals surface area (Å²) in [4.78, 5) is 0. The number of ether oxygens (including phenoxy) is 2. The van der Waals surface area contributed by atoms with E-state index in [0.717, 1.165) is 38.5 Å². The highest BCUT2D eigenvalue weighted by Crippen LogP contribution is 2.12. The van der Waals surface area contributed by atoms with E-state index in [1.807, 2.05) is 24.3 Å². The van der Waals surface area contributed by atoms with E-state index in [1.54, 1.807) is 0 Å². The second-order valence-corrected chi connectivity index (χ2v) is 5.29. The molecule has 0 unspecified atom stereocenters. The Morgan fingerprint density at radius 1 is 0.909 bits per heavy atom. The minimum absolute atomic E-state index is 0.695. The van der Waals surface area contributed by atoms with Crippen molar-refractivity contribution in [1.82, 2.24) is 5.32 Å². The number of benzene rings is 2. The Labute approximate surface area is 133 Å². The summed E-state index contributed by atoms with van der Waals surface area (Å²) in [5, 5.41) is 3.37. The third-order valence-corrected chi connectivity index (χ3v) is 3.29. The molecule has 3 heteroatoms. The van der Waals surface area contributed by atoms with Gasteiger partial charge in [-0.25, -0.2) is 0 Å². The zero-order chi connectivity index (χ0) is 15.5. The molecule has 118 valence electrons. The molecule has 2 rings (SSSR count). The highest BCUT2D eigenvalue weighted by atomic mass is 16.5. The van der Waals surface area contributed by atoms with Crippen LogP contribution < -0.4 is 10.1 Å². The van der Waals surface area contributed by atoms with Crippen molar-refractivity contribution in [2.75, 3.05) is 26.4 Å². The van der Waals surface area contributed by atoms with Gasteiger partial charge in [-0.1, -0.05) is 42.5 Å². The van der Waals surface area contributed by atoms with E-state index < -0.39 is 0 Å². The van der Waals surface area contributed by atoms with Crippen molar-refractivity contribution in [3.63, 3.8) is 0 Å². The van der Waals surface area contributed by atoms with Crippen molar-refractivity contribution in [2.45, 2.75) is 19.9 Å². The van der Waals surface area contributed by atoms with Crippen molar-refractivity contribution < 1.29 is 9.47 Å². The van der Waals surface area contributed by atoms with Gasteiger partial charge in [0.15, 0.2) is 0 Å². The maximum absolute atomic E-state index is 5.68. The van der Waals surface area contributed by atoms with E-state index in [1.165, 1.54) is 11.1 Å². The predicted molar refractivity (Wildman–Crippen MR) is 90.3 cm³/mol. The third kappa shape index (κ3) is 6.74. The average molecular weight is 299 g/mol. The molecular weight excluding hydrogens is 274 g/mol. The van der Waals surface area contributed by atoms with Gasteiger partial charge in [0, 0.05) is 26.1 Å². The molecule has 0 aliphatic carbocycles. The van der Waals surface area contributed by atoms with Crippen LogP contribution in [0.3, 0.4) is 0 Å². The van der Waals surface area contributed by atoms with E-state index in [-0.39, 0.29) is 0 Å². The first kappa shape index (κ1) is 16.5. The van der Waals surface area contributed by atoms with Crippen molar-refractivity contribution in [1.29, 1.82) is 0 Å². The normalized spacial score (nSPS) is 10.6. The monoisotopic (exact) mass is 299 g/mol. The highest BCUT2D eigenvalue weighted by molar-refractivity contribution is 5.27. The van der Waals surface area contributed by atoms with Gasteiger partial charge in [0.25, 0.3) is 0 Å². The number of nitrogens with one attached hydrogen (secondary N) is 1. The minimum Gasteiger partial charge on any atom is -0.493 e. The Balaban J connectivity index is 1.43. The number of aryl methyl sites for hydroxylation is 1. The smallest absolute Gasteiger partial charge is 0.119 e. The summed E-state index contributed by atoms with van der Waals surface area (Å²) in [5.74, 6) is 0.935. The Morgan fingerprint density at radius 2 is 1.77 bits per heavy atom. The van der Waals surface area contributed by atoms with Crippen molar-refractivity contribution >= 4 is 0 Å². The maximum atomic E-state index is 5.68. The van der Waals surface area contributed by atoms with Crippen LogP contribution in [-0.2, 0) is 11.3 Å². The summed E-state index contributed by atoms with van der Waals surface area (Å²) >= 11 is 0. The van der Waals surface area contributed by atoms with Crippen LogP contribution in [0.25, 0.3) is 0 Å². The Bertz CT molecular complexity index is 528. The first-order chi connectivity index (χ1) is 10.8. The third-order valence-electron chi connectivity index (χ3n) is 3.29. The van der Waals surface area contributed by atoms with Gasteiger partial charge in [-0.05, 0) is 30.2 Å². The lowest BCUT2D eigenvalue weighted by Crippen LogP contribution is -2.19. The molecule has 0 fully saturated rings. The molecule has 0 aromatic heterocycles. The van der Waals surface area contributed by atoms with Gasteiger partial charge in [-0.3, -0.25) is 0 Å². The lowest BCUT2D eigenvalue weighted by molar-refractivity contribution is 0.121. The van der Waals surface area contributed by atoms with Crippen LogP contribution in [0.5, 0.6) is 5.75 Å². The van der Waals surface area contributed by atoms with Gasteiger partial charge in [0.1, 0.15) is 5.75 Å². The second-order valence-electron chi connectivity index (χ2n) is 5.29. The van der Waals surface area contributed by atoms with E-state index >= 15 is 0 Å². The largest absolute Gasteiger partial charge is 0.493 e. The summed E-state index contributed by atoms with van der Waals surface area (Å²) in [6.45, 7) is 5.99. The van der Waals surface area contributed by atoms with E-state index in [4.69, 9.17) is 9.47 Å². The van der Waals surface area contributed by atoms with Crippen LogP contribution in [0.15, 0.2) is 54.6 Å². The maximum Gasteiger partial charge on any atom is 0.119 e. The fraction of sp³-hybridized carbons (Fsp3) is 0.368. The van der Waals surface area contributed by atoms with Gasteiger partial charge in [0.2, 0.25) is 0 Å². The second kappa shape index (κ2) is 9.98. The molecule has 0 aliphatic heterocycles. The molecule has 0 bridgehead atoms. The van der Waals surface area contributed by atoms with Gasteiger partial charge in [0.05, 0.1) is 13.2 Å². The van der Waals surface area contributed by atoms with E-state index in [9.17, 15) is 0 Å². The zero-order valence-corrected chi connectivity index (χ0v) is 13.3. The number of hydrogen-bond donors (Lipinski definition) is 1. The SMILES string of the molecule is Cc1cccc(OCCCOCCNCc2ccccc2)c1. The molecule has 3 nitrogen and oxygen atoms in total. The van der Waals surface area contributed by atoms with Crippen molar-refractivity contribution in [3.8, 4) is 5.75 Å². The van der Waals surface area contributed by atoms with Crippen LogP contribution >= 0.6 is 0 Å². The van der Waals surface area contributed by atoms with Gasteiger partial charge < -0.3 is 14.8 Å². The molecule has 0 saturated heterocycles. The van der Waals surface area contributed by atoms with Crippen molar-refractivity contribution in [2.24, 2.45) is 0 Å². The van der Waals surface area contributed by atoms with Crippen LogP contribution in [0.2, 0.25) is 0 Å². The molecule has 2 aromatic rings. The molecule has 2 aromatic carbocycles. The Kier molecular flexibility index (Phi) is 7.50. The fourth-order valence-electron chi connectivity index (χ4n) is 2.13. The molecule has 0 saturated carbocycles. The summed E-state index contributed by atoms with van der Waals surface area (Å²) < 4.78 is 11.3. The first-order valence-corrected chi connectivity index (χ1v) is 7.86. The Hall–Kier alpha value is -1.84. The van der Waals surface area contributed by atoms with Gasteiger partial charge in [-0.15, -0.1) is 0 Å². The standard InChI is InChI=1S/C19H25NO2/c1-17-7-5-10-19(15-17)22-13-6-12-21-14-11-20-16-18-8-3-2-4-9-18/h2-5,7-10,15,20H,6,11-14,16H2,1H3. The highest BCUT2D eigenvalue weighted by Gasteiger charge is 1.95. The number of hydrogen-bond acceptors (Lipinski definition) is 3. The molecule has 0 aliphatic rings. The fourth-order valence-corrected chi connectivity index (χ4v) is 2.13. The molecule has 0 heterocycles. The predicted octanol–water partition coefficient (Wildman–Crippen LogP) is 3.57. The lowest BCUT2D eigenvalue weighted by atomic mass is 10.2. The molecule has 22 heavy (non-hydrogen) atoms. The van der Waals surface area contributed by atoms with Gasteiger partial charge >= 0.3 is 0 Å². The van der Waals surface area contributed by atoms with E-state index in [0.29, 0.717) is 6.61 Å². The van der Waals surface area contributed by atoms with Crippen LogP contribution in [0.1, 0.15) is 17.5 Å². The molecule has 0 atom stereocenters. The van der Waals surface area contributed by atoms with E-state index in [2.05, 4.69) is 42.6 Å². The van der Waals surface area contributed by atoms with Crippen molar-refractivity contribution in [3.05, 3.63) is 65.7 Å². The summed E-state index contributed by atoms with van der Waals surface area (Å²) in [5.41, 5.74) is 2.52. The first-order valence-electron chi connectivity index (χ1n) is 7.86. The van der Waals surface area contributed by atoms with Crippen LogP contribution in [0, 0.1) is 6.92 Å². The molecule has 0 spiro atoms. The summed E-state index contributed by atoms with van der Waals surface area (Å²) in [6.07, 6.45) is 0.909. The quantitative estimate of drug-likeness (QED) is 0.680. The summed E-state index contributed by atoms with van der Waals surface area (Å²) in [6, 6.07) is 18.5. The van der Waals surface area contributed by atoms with Crippen LogP contribution in [0.4, 0.5) is 0 Å². The molecular formula is C19H25NO2. The Morgan fingerprint density at radius 3 is 2.59 bits per heavy atom. The van der Waals surface area contributed by atoms with Gasteiger partial charge in [-0.2, -0.15) is 0 Å². The minimum atomic E-state index is 0.695. The van der Waals surface area contributed by atoms with Crippen LogP contribution in [-0.4, -0.2) is 26.4 Å². The topological polar surface area (TPSA) is 30.5 Å². The zero-order valence-electron chi connectivity index (χ0n) is 13.3. The summed E-state index contributed by atoms with van der Waals surface area (Å²) in [7, 11) is 0.